The molecule has 7 rings (SSSR count). The van der Waals surface area contributed by atoms with E-state index in [1.807, 2.05) is 30.3 Å². The lowest BCUT2D eigenvalue weighted by Gasteiger charge is -2.37. The second-order valence-electron chi connectivity index (χ2n) is 16.2. The van der Waals surface area contributed by atoms with Crippen LogP contribution in [0.1, 0.15) is 81.3 Å². The first kappa shape index (κ1) is 42.8. The van der Waals surface area contributed by atoms with Crippen LogP contribution in [0.25, 0.3) is 21.8 Å². The van der Waals surface area contributed by atoms with Crippen molar-refractivity contribution >= 4 is 27.7 Å². The molecular weight excluding hydrogens is 699 g/mol. The third-order valence-electron chi connectivity index (χ3n) is 11.3. The number of amides is 1. The van der Waals surface area contributed by atoms with Crippen LogP contribution in [-0.4, -0.2) is 97.5 Å². The molecule has 2 fully saturated rings. The van der Waals surface area contributed by atoms with Crippen molar-refractivity contribution in [3.8, 4) is 0 Å². The minimum Gasteiger partial charge on any atom is -0.379 e. The van der Waals surface area contributed by atoms with Gasteiger partial charge in [-0.25, -0.2) is 0 Å². The Kier molecular flexibility index (Phi) is 15.0. The standard InChI is InChI=1S/C30H33N3O3.C16H26N2O.CH4/c1-30(2,25(21-8-4-3-5-9-21)14-15-33-16-18-36-19-17-33)32-29(35)22-12-13-24-27(20-22)31-26-11-7-6-10-23(26)28(24)34;1-16(2,17)15(14-6-4-3-5-7-14)8-9-18-10-12-19-13-11-18;/h3-13,20,25H,14-19H2,1-2H3,(H,31,34)(H,32,35);3-7,15H,8-13,17H2,1-2H3;1H4. The molecular formula is C47H63N5O4. The number of nitrogens with zero attached hydrogens (tertiary/aromatic N) is 2. The van der Waals surface area contributed by atoms with Gasteiger partial charge in [0.25, 0.3) is 5.91 Å². The van der Waals surface area contributed by atoms with Crippen molar-refractivity contribution < 1.29 is 14.3 Å². The molecule has 4 N–H and O–H groups in total. The molecule has 9 heteroatoms. The molecule has 0 bridgehead atoms. The summed E-state index contributed by atoms with van der Waals surface area (Å²) >= 11 is 0. The number of nitrogens with two attached hydrogens (primary N) is 1. The molecule has 1 amide bonds. The second kappa shape index (κ2) is 19.7. The van der Waals surface area contributed by atoms with Crippen LogP contribution in [0.3, 0.4) is 0 Å². The fourth-order valence-electron chi connectivity index (χ4n) is 8.08. The Balaban J connectivity index is 0.000000254. The SMILES string of the molecule is C.CC(C)(N)C(CCN1CCOCC1)c1ccccc1.CC(C)(NC(=O)c1ccc2c(=O)c3ccccc3[nH]c2c1)C(CCN1CCOCC1)c1ccccc1. The molecule has 2 atom stereocenters. The van der Waals surface area contributed by atoms with Crippen molar-refractivity contribution in [3.05, 3.63) is 130 Å². The van der Waals surface area contributed by atoms with Gasteiger partial charge in [-0.05, 0) is 95.1 Å². The van der Waals surface area contributed by atoms with E-state index in [2.05, 4.69) is 102 Å². The second-order valence-corrected chi connectivity index (χ2v) is 16.2. The van der Waals surface area contributed by atoms with E-state index < -0.39 is 5.54 Å². The molecule has 2 aliphatic heterocycles. The van der Waals surface area contributed by atoms with E-state index in [1.165, 1.54) is 11.1 Å². The molecule has 5 aromatic rings. The first-order chi connectivity index (χ1) is 26.5. The number of nitrogens with one attached hydrogen (secondary N) is 2. The van der Waals surface area contributed by atoms with Gasteiger partial charge in [-0.15, -0.1) is 0 Å². The van der Waals surface area contributed by atoms with Gasteiger partial charge in [0, 0.05) is 70.9 Å². The van der Waals surface area contributed by atoms with Crippen molar-refractivity contribution in [2.24, 2.45) is 5.73 Å². The summed E-state index contributed by atoms with van der Waals surface area (Å²) in [6.45, 7) is 17.8. The number of hydrogen-bond acceptors (Lipinski definition) is 7. The molecule has 2 saturated heterocycles. The maximum atomic E-state index is 13.5. The van der Waals surface area contributed by atoms with Crippen LogP contribution in [0.15, 0.2) is 108 Å². The number of hydrogen-bond donors (Lipinski definition) is 3. The van der Waals surface area contributed by atoms with E-state index in [9.17, 15) is 9.59 Å². The topological polar surface area (TPSA) is 113 Å². The van der Waals surface area contributed by atoms with Gasteiger partial charge < -0.3 is 25.5 Å². The average molecular weight is 762 g/mol. The summed E-state index contributed by atoms with van der Waals surface area (Å²) in [6.07, 6.45) is 2.03. The van der Waals surface area contributed by atoms with Crippen LogP contribution in [0.4, 0.5) is 0 Å². The Morgan fingerprint density at radius 3 is 1.73 bits per heavy atom. The lowest BCUT2D eigenvalue weighted by atomic mass is 9.79. The molecule has 1 aromatic heterocycles. The molecule has 300 valence electrons. The molecule has 3 heterocycles. The molecule has 2 aliphatic rings. The van der Waals surface area contributed by atoms with Crippen LogP contribution in [0, 0.1) is 0 Å². The van der Waals surface area contributed by atoms with Gasteiger partial charge in [0.1, 0.15) is 0 Å². The zero-order valence-corrected chi connectivity index (χ0v) is 33.1. The molecule has 0 spiro atoms. The van der Waals surface area contributed by atoms with Crippen molar-refractivity contribution in [2.75, 3.05) is 65.7 Å². The molecule has 9 nitrogen and oxygen atoms in total. The van der Waals surface area contributed by atoms with Crippen LogP contribution < -0.4 is 16.5 Å². The highest BCUT2D eigenvalue weighted by molar-refractivity contribution is 6.00. The van der Waals surface area contributed by atoms with E-state index in [1.54, 1.807) is 18.2 Å². The van der Waals surface area contributed by atoms with Gasteiger partial charge in [0.05, 0.1) is 31.9 Å². The average Bonchev–Trinajstić information content (AvgIpc) is 3.19. The highest BCUT2D eigenvalue weighted by atomic mass is 16.5. The molecule has 2 unspecified atom stereocenters. The van der Waals surface area contributed by atoms with E-state index in [0.717, 1.165) is 84.1 Å². The minimum atomic E-state index is -0.490. The van der Waals surface area contributed by atoms with E-state index in [0.29, 0.717) is 27.8 Å². The summed E-state index contributed by atoms with van der Waals surface area (Å²) < 4.78 is 10.9. The number of ether oxygens (including phenoxy) is 2. The summed E-state index contributed by atoms with van der Waals surface area (Å²) in [7, 11) is 0. The van der Waals surface area contributed by atoms with Crippen LogP contribution >= 0.6 is 0 Å². The van der Waals surface area contributed by atoms with Crippen molar-refractivity contribution in [2.45, 2.75) is 70.9 Å². The maximum absolute atomic E-state index is 13.5. The Morgan fingerprint density at radius 1 is 0.696 bits per heavy atom. The zero-order chi connectivity index (χ0) is 38.8. The van der Waals surface area contributed by atoms with Gasteiger partial charge in [-0.2, -0.15) is 0 Å². The largest absolute Gasteiger partial charge is 0.379 e. The van der Waals surface area contributed by atoms with Gasteiger partial charge in [0.15, 0.2) is 5.43 Å². The summed E-state index contributed by atoms with van der Waals surface area (Å²) in [5.74, 6) is 0.384. The Hall–Kier alpha value is -4.38. The number of rotatable bonds is 12. The Bertz CT molecular complexity index is 2030. The van der Waals surface area contributed by atoms with E-state index >= 15 is 0 Å². The van der Waals surface area contributed by atoms with Gasteiger partial charge in [0.2, 0.25) is 0 Å². The number of carbonyl (C=O) groups is 1. The van der Waals surface area contributed by atoms with Crippen LogP contribution in [0.5, 0.6) is 0 Å². The molecule has 56 heavy (non-hydrogen) atoms. The number of para-hydroxylation sites is 1. The lowest BCUT2D eigenvalue weighted by Crippen LogP contribution is -2.49. The molecule has 0 radical (unpaired) electrons. The Morgan fingerprint density at radius 2 is 1.18 bits per heavy atom. The summed E-state index contributed by atoms with van der Waals surface area (Å²) in [6, 6.07) is 33.8. The maximum Gasteiger partial charge on any atom is 0.251 e. The minimum absolute atomic E-state index is 0. The zero-order valence-electron chi connectivity index (χ0n) is 33.1. The lowest BCUT2D eigenvalue weighted by molar-refractivity contribution is 0.0353. The predicted octanol–water partition coefficient (Wildman–Crippen LogP) is 7.56. The van der Waals surface area contributed by atoms with E-state index in [-0.39, 0.29) is 30.2 Å². The van der Waals surface area contributed by atoms with Gasteiger partial charge in [-0.3, -0.25) is 19.4 Å². The third kappa shape index (κ3) is 11.1. The smallest absolute Gasteiger partial charge is 0.251 e. The highest BCUT2D eigenvalue weighted by Crippen LogP contribution is 2.33. The van der Waals surface area contributed by atoms with Gasteiger partial charge in [-0.1, -0.05) is 80.2 Å². The third-order valence-corrected chi connectivity index (χ3v) is 11.3. The van der Waals surface area contributed by atoms with Crippen LogP contribution in [0.2, 0.25) is 0 Å². The molecule has 4 aromatic carbocycles. The van der Waals surface area contributed by atoms with Crippen molar-refractivity contribution in [3.63, 3.8) is 0 Å². The summed E-state index contributed by atoms with van der Waals surface area (Å²) in [5, 5.41) is 4.53. The number of aromatic nitrogens is 1. The fraction of sp³-hybridized carbons (Fsp3) is 0.447. The monoisotopic (exact) mass is 761 g/mol. The van der Waals surface area contributed by atoms with Crippen molar-refractivity contribution in [1.29, 1.82) is 0 Å². The predicted molar refractivity (Wildman–Crippen MR) is 231 cm³/mol. The van der Waals surface area contributed by atoms with Crippen LogP contribution in [-0.2, 0) is 9.47 Å². The highest BCUT2D eigenvalue weighted by Gasteiger charge is 2.33. The quantitative estimate of drug-likeness (QED) is 0.113. The number of aromatic amines is 1. The summed E-state index contributed by atoms with van der Waals surface area (Å²) in [4.78, 5) is 34.6. The van der Waals surface area contributed by atoms with E-state index in [4.69, 9.17) is 15.2 Å². The number of fused-ring (bicyclic) bond motifs is 2. The van der Waals surface area contributed by atoms with Gasteiger partial charge >= 0.3 is 0 Å². The normalized spacial score (nSPS) is 16.7. The fourth-order valence-corrected chi connectivity index (χ4v) is 8.08. The first-order valence-corrected chi connectivity index (χ1v) is 19.9. The first-order valence-electron chi connectivity index (χ1n) is 19.9. The number of morpholine rings is 2. The molecule has 0 saturated carbocycles. The number of carbonyl (C=O) groups excluding carboxylic acids is 1. The number of H-pyrrole nitrogens is 1. The van der Waals surface area contributed by atoms with Crippen molar-refractivity contribution in [1.82, 2.24) is 20.1 Å². The Labute approximate surface area is 333 Å². The molecule has 0 aliphatic carbocycles. The number of benzene rings is 4. The summed E-state index contributed by atoms with van der Waals surface area (Å²) in [5.41, 5.74) is 10.2. The number of pyridine rings is 1.